The molecule has 0 saturated carbocycles. The van der Waals surface area contributed by atoms with Crippen LogP contribution in [0.2, 0.25) is 0 Å². The highest BCUT2D eigenvalue weighted by Crippen LogP contribution is 2.28. The van der Waals surface area contributed by atoms with E-state index < -0.39 is 0 Å². The van der Waals surface area contributed by atoms with Crippen LogP contribution in [0.15, 0.2) is 64.5 Å². The molecule has 5 heteroatoms. The Kier molecular flexibility index (Phi) is 5.33. The average molecular weight is 338 g/mol. The molecule has 1 N–H and O–H groups in total. The van der Waals surface area contributed by atoms with Crippen LogP contribution in [-0.4, -0.2) is 17.7 Å². The first kappa shape index (κ1) is 16.3. The molecular weight excluding hydrogens is 320 g/mol. The Morgan fingerprint density at radius 3 is 2.79 bits per heavy atom. The number of thioether (sulfide) groups is 1. The molecule has 122 valence electrons. The summed E-state index contributed by atoms with van der Waals surface area (Å²) in [5, 5.41) is 3.39. The molecule has 1 aliphatic heterocycles. The Bertz CT molecular complexity index is 785. The summed E-state index contributed by atoms with van der Waals surface area (Å²) in [6, 6.07) is 17.3. The number of nitrogens with one attached hydrogen (secondary N) is 1. The number of ether oxygens (including phenoxy) is 1. The van der Waals surface area contributed by atoms with Crippen molar-refractivity contribution in [2.24, 2.45) is 4.99 Å². The number of amidine groups is 1. The molecule has 0 atom stereocenters. The smallest absolute Gasteiger partial charge is 0.264 e. The highest BCUT2D eigenvalue weighted by Gasteiger charge is 2.23. The van der Waals surface area contributed by atoms with E-state index >= 15 is 0 Å². The Morgan fingerprint density at radius 1 is 1.17 bits per heavy atom. The van der Waals surface area contributed by atoms with E-state index in [2.05, 4.69) is 17.2 Å². The Hall–Kier alpha value is -2.53. The van der Waals surface area contributed by atoms with Gasteiger partial charge in [0.05, 0.1) is 17.2 Å². The van der Waals surface area contributed by atoms with E-state index in [1.807, 2.05) is 60.7 Å². The SMILES string of the molecule is CCCOc1cccc(C=C2SC(=Nc3ccccc3)NC2=O)c1. The zero-order valence-electron chi connectivity index (χ0n) is 13.4. The normalized spacial score (nSPS) is 17.3. The van der Waals surface area contributed by atoms with E-state index in [1.165, 1.54) is 11.8 Å². The molecule has 0 bridgehead atoms. The number of nitrogens with zero attached hydrogens (tertiary/aromatic N) is 1. The average Bonchev–Trinajstić information content (AvgIpc) is 2.93. The van der Waals surface area contributed by atoms with Gasteiger partial charge in [-0.2, -0.15) is 0 Å². The predicted octanol–water partition coefficient (Wildman–Crippen LogP) is 4.37. The second kappa shape index (κ2) is 7.84. The van der Waals surface area contributed by atoms with Gasteiger partial charge in [0, 0.05) is 0 Å². The second-order valence-electron chi connectivity index (χ2n) is 5.24. The fraction of sp³-hybridized carbons (Fsp3) is 0.158. The summed E-state index contributed by atoms with van der Waals surface area (Å²) in [4.78, 5) is 17.2. The third-order valence-corrected chi connectivity index (χ3v) is 4.18. The largest absolute Gasteiger partial charge is 0.494 e. The van der Waals surface area contributed by atoms with Crippen LogP contribution in [0.25, 0.3) is 6.08 Å². The fourth-order valence-corrected chi connectivity index (χ4v) is 3.01. The lowest BCUT2D eigenvalue weighted by molar-refractivity contribution is -0.115. The summed E-state index contributed by atoms with van der Waals surface area (Å²) in [6.07, 6.45) is 2.81. The first-order chi connectivity index (χ1) is 11.7. The number of para-hydroxylation sites is 1. The zero-order chi connectivity index (χ0) is 16.8. The van der Waals surface area contributed by atoms with Crippen LogP contribution in [-0.2, 0) is 4.79 Å². The molecule has 1 heterocycles. The molecule has 2 aromatic carbocycles. The number of aliphatic imine (C=N–C) groups is 1. The van der Waals surface area contributed by atoms with Gasteiger partial charge in [0.15, 0.2) is 5.17 Å². The van der Waals surface area contributed by atoms with E-state index in [-0.39, 0.29) is 5.91 Å². The van der Waals surface area contributed by atoms with Crippen LogP contribution in [0.1, 0.15) is 18.9 Å². The molecule has 24 heavy (non-hydrogen) atoms. The maximum atomic E-state index is 12.1. The zero-order valence-corrected chi connectivity index (χ0v) is 14.2. The molecule has 1 aliphatic rings. The number of carbonyl (C=O) groups is 1. The maximum absolute atomic E-state index is 12.1. The molecule has 4 nitrogen and oxygen atoms in total. The Balaban J connectivity index is 1.76. The van der Waals surface area contributed by atoms with Crippen LogP contribution in [0, 0.1) is 0 Å². The number of hydrogen-bond donors (Lipinski definition) is 1. The third kappa shape index (κ3) is 4.26. The van der Waals surface area contributed by atoms with Crippen molar-refractivity contribution in [3.8, 4) is 5.75 Å². The van der Waals surface area contributed by atoms with Crippen LogP contribution in [0.4, 0.5) is 5.69 Å². The van der Waals surface area contributed by atoms with Gasteiger partial charge in [0.2, 0.25) is 0 Å². The number of rotatable bonds is 5. The molecule has 0 radical (unpaired) electrons. The minimum atomic E-state index is -0.130. The minimum absolute atomic E-state index is 0.130. The summed E-state index contributed by atoms with van der Waals surface area (Å²) in [5.74, 6) is 0.683. The quantitative estimate of drug-likeness (QED) is 0.824. The second-order valence-corrected chi connectivity index (χ2v) is 6.27. The summed E-state index contributed by atoms with van der Waals surface area (Å²) in [5.41, 5.74) is 1.75. The van der Waals surface area contributed by atoms with Crippen molar-refractivity contribution in [2.75, 3.05) is 6.61 Å². The summed E-state index contributed by atoms with van der Waals surface area (Å²) < 4.78 is 5.63. The van der Waals surface area contributed by atoms with Gasteiger partial charge < -0.3 is 10.1 Å². The van der Waals surface area contributed by atoms with Crippen molar-refractivity contribution in [3.63, 3.8) is 0 Å². The van der Waals surface area contributed by atoms with Crippen molar-refractivity contribution in [2.45, 2.75) is 13.3 Å². The van der Waals surface area contributed by atoms with Crippen LogP contribution < -0.4 is 10.1 Å². The van der Waals surface area contributed by atoms with E-state index in [0.29, 0.717) is 16.7 Å². The van der Waals surface area contributed by atoms with Crippen molar-refractivity contribution in [3.05, 3.63) is 65.1 Å². The number of hydrogen-bond acceptors (Lipinski definition) is 4. The topological polar surface area (TPSA) is 50.7 Å². The minimum Gasteiger partial charge on any atom is -0.494 e. The van der Waals surface area contributed by atoms with Gasteiger partial charge in [0.1, 0.15) is 5.75 Å². The lowest BCUT2D eigenvalue weighted by Gasteiger charge is -2.04. The number of carbonyl (C=O) groups excluding carboxylic acids is 1. The Morgan fingerprint density at radius 2 is 2.00 bits per heavy atom. The van der Waals surface area contributed by atoms with Gasteiger partial charge in [-0.15, -0.1) is 0 Å². The predicted molar refractivity (Wildman–Crippen MR) is 99.5 cm³/mol. The lowest BCUT2D eigenvalue weighted by Crippen LogP contribution is -2.19. The number of amides is 1. The molecule has 1 fully saturated rings. The van der Waals surface area contributed by atoms with Gasteiger partial charge >= 0.3 is 0 Å². The van der Waals surface area contributed by atoms with Crippen molar-refractivity contribution in [1.29, 1.82) is 0 Å². The molecule has 0 aliphatic carbocycles. The first-order valence-electron chi connectivity index (χ1n) is 7.82. The van der Waals surface area contributed by atoms with Gasteiger partial charge in [0.25, 0.3) is 5.91 Å². The van der Waals surface area contributed by atoms with Crippen LogP contribution >= 0.6 is 11.8 Å². The maximum Gasteiger partial charge on any atom is 0.264 e. The van der Waals surface area contributed by atoms with Gasteiger partial charge in [-0.05, 0) is 54.1 Å². The standard InChI is InChI=1S/C19H18N2O2S/c1-2-11-23-16-10-6-7-14(12-16)13-17-18(22)21-19(24-17)20-15-8-4-3-5-9-15/h3-10,12-13H,2,11H2,1H3,(H,20,21,22). The fourth-order valence-electron chi connectivity index (χ4n) is 2.17. The lowest BCUT2D eigenvalue weighted by atomic mass is 10.2. The molecule has 3 rings (SSSR count). The first-order valence-corrected chi connectivity index (χ1v) is 8.64. The molecule has 0 aromatic heterocycles. The van der Waals surface area contributed by atoms with Gasteiger partial charge in [-0.1, -0.05) is 37.3 Å². The summed E-state index contributed by atoms with van der Waals surface area (Å²) in [7, 11) is 0. The van der Waals surface area contributed by atoms with E-state index in [1.54, 1.807) is 0 Å². The molecule has 1 saturated heterocycles. The van der Waals surface area contributed by atoms with Crippen LogP contribution in [0.5, 0.6) is 5.75 Å². The summed E-state index contributed by atoms with van der Waals surface area (Å²) in [6.45, 7) is 2.75. The highest BCUT2D eigenvalue weighted by molar-refractivity contribution is 8.18. The van der Waals surface area contributed by atoms with Crippen molar-refractivity contribution >= 4 is 34.6 Å². The van der Waals surface area contributed by atoms with Crippen LogP contribution in [0.3, 0.4) is 0 Å². The van der Waals surface area contributed by atoms with E-state index in [0.717, 1.165) is 23.4 Å². The van der Waals surface area contributed by atoms with E-state index in [4.69, 9.17) is 4.74 Å². The molecule has 0 spiro atoms. The molecule has 2 aromatic rings. The monoisotopic (exact) mass is 338 g/mol. The van der Waals surface area contributed by atoms with Crippen molar-refractivity contribution < 1.29 is 9.53 Å². The van der Waals surface area contributed by atoms with Gasteiger partial charge in [-0.25, -0.2) is 4.99 Å². The molecular formula is C19H18N2O2S. The molecule has 0 unspecified atom stereocenters. The van der Waals surface area contributed by atoms with Crippen molar-refractivity contribution in [1.82, 2.24) is 5.32 Å². The molecule has 1 amide bonds. The number of benzene rings is 2. The van der Waals surface area contributed by atoms with Gasteiger partial charge in [-0.3, -0.25) is 4.79 Å². The third-order valence-electron chi connectivity index (χ3n) is 3.27. The van der Waals surface area contributed by atoms with E-state index in [9.17, 15) is 4.79 Å². The highest BCUT2D eigenvalue weighted by atomic mass is 32.2. The Labute approximate surface area is 145 Å². The summed E-state index contributed by atoms with van der Waals surface area (Å²) >= 11 is 1.34.